The van der Waals surface area contributed by atoms with Gasteiger partial charge >= 0.3 is 0 Å². The largest absolute Gasteiger partial charge is 0.343 e. The van der Waals surface area contributed by atoms with Crippen LogP contribution in [0.1, 0.15) is 25.0 Å². The van der Waals surface area contributed by atoms with Gasteiger partial charge in [-0.25, -0.2) is 4.39 Å². The number of benzene rings is 1. The minimum Gasteiger partial charge on any atom is -0.343 e. The van der Waals surface area contributed by atoms with Crippen molar-refractivity contribution < 1.29 is 4.39 Å². The number of nitrogens with two attached hydrogens (primary N) is 1. The lowest BCUT2D eigenvalue weighted by atomic mass is 9.85. The van der Waals surface area contributed by atoms with Crippen LogP contribution in [0.15, 0.2) is 24.3 Å². The molecule has 2 N–H and O–H groups in total. The van der Waals surface area contributed by atoms with Crippen LogP contribution in [0.4, 0.5) is 4.39 Å². The van der Waals surface area contributed by atoms with Gasteiger partial charge in [-0.2, -0.15) is 0 Å². The number of hydrogen-bond acceptors (Lipinski definition) is 1. The quantitative estimate of drug-likeness (QED) is 0.866. The van der Waals surface area contributed by atoms with Gasteiger partial charge in [0.1, 0.15) is 5.82 Å². The number of nitrogens with zero attached hydrogens (tertiary/aromatic N) is 1. The van der Waals surface area contributed by atoms with E-state index in [1.807, 2.05) is 12.1 Å². The molecule has 2 nitrogen and oxygen atoms in total. The van der Waals surface area contributed by atoms with Gasteiger partial charge in [-0.1, -0.05) is 6.42 Å². The highest BCUT2D eigenvalue weighted by atomic mass is 19.1. The molecule has 1 heterocycles. The van der Waals surface area contributed by atoms with Crippen molar-refractivity contribution in [3.63, 3.8) is 0 Å². The molecule has 90 valence electrons. The number of rotatable bonds is 3. The van der Waals surface area contributed by atoms with Crippen LogP contribution in [-0.4, -0.2) is 4.57 Å². The first-order chi connectivity index (χ1) is 8.28. The third kappa shape index (κ3) is 1.84. The summed E-state index contributed by atoms with van der Waals surface area (Å²) < 4.78 is 15.4. The van der Waals surface area contributed by atoms with Crippen molar-refractivity contribution in [1.82, 2.24) is 4.57 Å². The van der Waals surface area contributed by atoms with Crippen LogP contribution in [-0.2, 0) is 13.1 Å². The average molecular weight is 232 g/mol. The zero-order valence-corrected chi connectivity index (χ0v) is 9.82. The second-order valence-electron chi connectivity index (χ2n) is 4.95. The standard InChI is InChI=1S/C14H17FN2/c15-12-4-5-14-11(6-12)7-13(8-16)17(14)9-10-2-1-3-10/h4-7,10H,1-3,8-9,16H2. The van der Waals surface area contributed by atoms with Crippen molar-refractivity contribution in [2.45, 2.75) is 32.4 Å². The molecule has 3 rings (SSSR count). The normalized spacial score (nSPS) is 16.4. The van der Waals surface area contributed by atoms with Crippen molar-refractivity contribution in [2.24, 2.45) is 11.7 Å². The molecule has 0 saturated heterocycles. The lowest BCUT2D eigenvalue weighted by Gasteiger charge is -2.27. The Morgan fingerprint density at radius 1 is 1.29 bits per heavy atom. The first kappa shape index (κ1) is 10.8. The fourth-order valence-electron chi connectivity index (χ4n) is 2.62. The molecule has 1 fully saturated rings. The fourth-order valence-corrected chi connectivity index (χ4v) is 2.62. The van der Waals surface area contributed by atoms with Crippen LogP contribution < -0.4 is 5.73 Å². The molecule has 0 spiro atoms. The Morgan fingerprint density at radius 2 is 2.12 bits per heavy atom. The lowest BCUT2D eigenvalue weighted by molar-refractivity contribution is 0.277. The molecule has 2 aromatic rings. The van der Waals surface area contributed by atoms with Gasteiger partial charge in [0, 0.05) is 29.7 Å². The van der Waals surface area contributed by atoms with E-state index in [2.05, 4.69) is 4.57 Å². The molecule has 1 saturated carbocycles. The highest BCUT2D eigenvalue weighted by Gasteiger charge is 2.20. The summed E-state index contributed by atoms with van der Waals surface area (Å²) in [6.45, 7) is 1.55. The van der Waals surface area contributed by atoms with Gasteiger partial charge in [-0.05, 0) is 43.0 Å². The Bertz CT molecular complexity index is 540. The van der Waals surface area contributed by atoms with E-state index in [0.29, 0.717) is 6.54 Å². The van der Waals surface area contributed by atoms with Gasteiger partial charge in [-0.15, -0.1) is 0 Å². The Hall–Kier alpha value is -1.35. The van der Waals surface area contributed by atoms with E-state index in [4.69, 9.17) is 5.73 Å². The van der Waals surface area contributed by atoms with Crippen molar-refractivity contribution >= 4 is 10.9 Å². The average Bonchev–Trinajstić information content (AvgIpc) is 2.60. The summed E-state index contributed by atoms with van der Waals surface area (Å²) in [5, 5.41) is 0.963. The second-order valence-corrected chi connectivity index (χ2v) is 4.95. The third-order valence-electron chi connectivity index (χ3n) is 3.82. The highest BCUT2D eigenvalue weighted by molar-refractivity contribution is 5.81. The summed E-state index contributed by atoms with van der Waals surface area (Å²) >= 11 is 0. The topological polar surface area (TPSA) is 30.9 Å². The molecule has 17 heavy (non-hydrogen) atoms. The maximum Gasteiger partial charge on any atom is 0.123 e. The molecular formula is C14H17FN2. The van der Waals surface area contributed by atoms with E-state index >= 15 is 0 Å². The summed E-state index contributed by atoms with van der Waals surface area (Å²) in [7, 11) is 0. The van der Waals surface area contributed by atoms with Crippen LogP contribution in [0.25, 0.3) is 10.9 Å². The van der Waals surface area contributed by atoms with Crippen molar-refractivity contribution in [2.75, 3.05) is 0 Å². The molecule has 3 heteroatoms. The molecule has 0 bridgehead atoms. The van der Waals surface area contributed by atoms with E-state index in [1.165, 1.54) is 25.3 Å². The van der Waals surface area contributed by atoms with Gasteiger partial charge < -0.3 is 10.3 Å². The lowest BCUT2D eigenvalue weighted by Crippen LogP contribution is -2.20. The van der Waals surface area contributed by atoms with Gasteiger partial charge in [0.05, 0.1) is 0 Å². The molecule has 1 aliphatic rings. The van der Waals surface area contributed by atoms with Crippen LogP contribution >= 0.6 is 0 Å². The molecule has 1 aromatic heterocycles. The number of fused-ring (bicyclic) bond motifs is 1. The molecule has 0 radical (unpaired) electrons. The Morgan fingerprint density at radius 3 is 2.76 bits per heavy atom. The van der Waals surface area contributed by atoms with Gasteiger partial charge in [-0.3, -0.25) is 0 Å². The van der Waals surface area contributed by atoms with Crippen LogP contribution in [0.3, 0.4) is 0 Å². The Balaban J connectivity index is 2.05. The summed E-state index contributed by atoms with van der Waals surface area (Å²) in [4.78, 5) is 0. The zero-order valence-electron chi connectivity index (χ0n) is 9.82. The molecule has 0 unspecified atom stereocenters. The first-order valence-corrected chi connectivity index (χ1v) is 6.25. The molecule has 1 aliphatic carbocycles. The zero-order chi connectivity index (χ0) is 11.8. The Labute approximate surface area is 100 Å². The summed E-state index contributed by atoms with van der Waals surface area (Å²) in [5.74, 6) is 0.600. The molecule has 0 aliphatic heterocycles. The first-order valence-electron chi connectivity index (χ1n) is 6.25. The van der Waals surface area contributed by atoms with E-state index in [-0.39, 0.29) is 5.82 Å². The van der Waals surface area contributed by atoms with Crippen LogP contribution in [0, 0.1) is 11.7 Å². The third-order valence-corrected chi connectivity index (χ3v) is 3.82. The SMILES string of the molecule is NCc1cc2cc(F)ccc2n1CC1CCC1. The van der Waals surface area contributed by atoms with Gasteiger partial charge in [0.15, 0.2) is 0 Å². The molecule has 1 aromatic carbocycles. The highest BCUT2D eigenvalue weighted by Crippen LogP contribution is 2.30. The van der Waals surface area contributed by atoms with Gasteiger partial charge in [0.25, 0.3) is 0 Å². The maximum atomic E-state index is 13.2. The summed E-state index contributed by atoms with van der Waals surface area (Å²) in [5.41, 5.74) is 7.99. The minimum atomic E-state index is -0.179. The van der Waals surface area contributed by atoms with Crippen molar-refractivity contribution in [1.29, 1.82) is 0 Å². The van der Waals surface area contributed by atoms with Gasteiger partial charge in [0.2, 0.25) is 0 Å². The number of halogens is 1. The van der Waals surface area contributed by atoms with Crippen molar-refractivity contribution in [3.8, 4) is 0 Å². The second kappa shape index (κ2) is 4.15. The van der Waals surface area contributed by atoms with Crippen LogP contribution in [0.2, 0.25) is 0 Å². The predicted octanol–water partition coefficient (Wildman–Crippen LogP) is 3.04. The molecule has 0 atom stereocenters. The summed E-state index contributed by atoms with van der Waals surface area (Å²) in [6, 6.07) is 6.99. The minimum absolute atomic E-state index is 0.179. The van der Waals surface area contributed by atoms with Crippen LogP contribution in [0.5, 0.6) is 0 Å². The van der Waals surface area contributed by atoms with E-state index < -0.39 is 0 Å². The smallest absolute Gasteiger partial charge is 0.123 e. The maximum absolute atomic E-state index is 13.2. The summed E-state index contributed by atoms with van der Waals surface area (Å²) in [6.07, 6.45) is 3.96. The molecule has 0 amide bonds. The van der Waals surface area contributed by atoms with E-state index in [9.17, 15) is 4.39 Å². The fraction of sp³-hybridized carbons (Fsp3) is 0.429. The monoisotopic (exact) mass is 232 g/mol. The Kier molecular flexibility index (Phi) is 2.63. The predicted molar refractivity (Wildman–Crippen MR) is 67.1 cm³/mol. The molecular weight excluding hydrogens is 215 g/mol. The van der Waals surface area contributed by atoms with Crippen molar-refractivity contribution in [3.05, 3.63) is 35.8 Å². The number of hydrogen-bond donors (Lipinski definition) is 1. The van der Waals surface area contributed by atoms with E-state index in [0.717, 1.165) is 29.1 Å². The number of aromatic nitrogens is 1. The van der Waals surface area contributed by atoms with E-state index in [1.54, 1.807) is 6.07 Å².